The number of para-hydroxylation sites is 1. The lowest BCUT2D eigenvalue weighted by Gasteiger charge is -2.28. The van der Waals surface area contributed by atoms with Gasteiger partial charge in [0.1, 0.15) is 5.69 Å². The lowest BCUT2D eigenvalue weighted by Crippen LogP contribution is -3.00. The maximum Gasteiger partial charge on any atom is 0.310 e. The van der Waals surface area contributed by atoms with Gasteiger partial charge in [0.2, 0.25) is 6.73 Å². The van der Waals surface area contributed by atoms with E-state index in [1.54, 1.807) is 0 Å². The second kappa shape index (κ2) is 14.1. The Kier molecular flexibility index (Phi) is 13.5. The van der Waals surface area contributed by atoms with Crippen LogP contribution in [-0.2, 0) is 9.53 Å². The minimum absolute atomic E-state index is 0. The van der Waals surface area contributed by atoms with Gasteiger partial charge in [0, 0.05) is 6.42 Å². The van der Waals surface area contributed by atoms with E-state index in [9.17, 15) is 4.79 Å². The second-order valence-corrected chi connectivity index (χ2v) is 7.24. The zero-order valence-corrected chi connectivity index (χ0v) is 17.1. The maximum atomic E-state index is 11.9. The molecule has 0 aromatic heterocycles. The predicted octanol–water partition coefficient (Wildman–Crippen LogP) is 2.68. The predicted molar refractivity (Wildman–Crippen MR) is 103 cm³/mol. The molecule has 1 rings (SSSR count). The molecule has 0 radical (unpaired) electrons. The van der Waals surface area contributed by atoms with E-state index < -0.39 is 0 Å². The molecule has 0 aliphatic rings. The van der Waals surface area contributed by atoms with Crippen LogP contribution in [0.25, 0.3) is 0 Å². The second-order valence-electron chi connectivity index (χ2n) is 7.24. The van der Waals surface area contributed by atoms with Crippen molar-refractivity contribution in [1.82, 2.24) is 4.48 Å². The summed E-state index contributed by atoms with van der Waals surface area (Å²) in [6, 6.07) is 10.2. The number of esters is 1. The third-order valence-corrected chi connectivity index (χ3v) is 4.49. The topological polar surface area (TPSA) is 26.3 Å². The molecule has 1 aromatic carbocycles. The van der Waals surface area contributed by atoms with Gasteiger partial charge in [0.05, 0.1) is 14.1 Å². The first kappa shape index (κ1) is 23.9. The molecule has 0 fully saturated rings. The van der Waals surface area contributed by atoms with Crippen molar-refractivity contribution < 1.29 is 21.9 Å². The highest BCUT2D eigenvalue weighted by Gasteiger charge is 2.20. The summed E-state index contributed by atoms with van der Waals surface area (Å²) in [4.78, 5) is 11.9. The number of quaternary nitrogens is 1. The lowest BCUT2D eigenvalue weighted by molar-refractivity contribution is -0.147. The zero-order valence-electron chi connectivity index (χ0n) is 16.3. The average Bonchev–Trinajstić information content (AvgIpc) is 2.59. The number of benzene rings is 1. The van der Waals surface area contributed by atoms with Crippen LogP contribution >= 0.6 is 0 Å². The number of ether oxygens (including phenoxy) is 1. The summed E-state index contributed by atoms with van der Waals surface area (Å²) in [5.74, 6) is -0.0694. The van der Waals surface area contributed by atoms with E-state index >= 15 is 0 Å². The summed E-state index contributed by atoms with van der Waals surface area (Å²) in [5.41, 5.74) is 1.15. The summed E-state index contributed by atoms with van der Waals surface area (Å²) >= 11 is 0. The Labute approximate surface area is 160 Å². The number of rotatable bonds is 13. The van der Waals surface area contributed by atoms with Crippen LogP contribution in [0.2, 0.25) is 0 Å². The fourth-order valence-electron chi connectivity index (χ4n) is 2.79. The molecule has 144 valence electrons. The maximum absolute atomic E-state index is 11.9. The molecule has 0 saturated heterocycles. The number of unbranched alkanes of at least 4 members (excludes halogenated alkanes) is 8. The van der Waals surface area contributed by atoms with Crippen LogP contribution in [-0.4, -0.2) is 26.8 Å². The van der Waals surface area contributed by atoms with Gasteiger partial charge in [-0.25, -0.2) is 0 Å². The quantitative estimate of drug-likeness (QED) is 0.231. The van der Waals surface area contributed by atoms with Gasteiger partial charge in [0.15, 0.2) is 0 Å². The van der Waals surface area contributed by atoms with E-state index in [-0.39, 0.29) is 18.4 Å². The van der Waals surface area contributed by atoms with E-state index in [0.717, 1.165) is 18.5 Å². The summed E-state index contributed by atoms with van der Waals surface area (Å²) in [6.45, 7) is 2.64. The lowest BCUT2D eigenvalue weighted by atomic mass is 10.1. The molecule has 0 unspecified atom stereocenters. The number of carbonyl (C=O) groups excluding carboxylic acids is 1. The van der Waals surface area contributed by atoms with Crippen molar-refractivity contribution in [2.75, 3.05) is 20.8 Å². The smallest absolute Gasteiger partial charge is 0.310 e. The highest BCUT2D eigenvalue weighted by molar-refractivity contribution is 5.69. The number of carbonyl (C=O) groups is 1. The molecule has 0 saturated carbocycles. The molecule has 0 spiro atoms. The van der Waals surface area contributed by atoms with Gasteiger partial charge in [-0.2, -0.15) is 0 Å². The number of nitrogens with zero attached hydrogens (tertiary/aromatic N) is 1. The first-order valence-corrected chi connectivity index (χ1v) is 9.60. The number of hydrogen-bond acceptors (Lipinski definition) is 2. The molecule has 0 aliphatic heterocycles. The Balaban J connectivity index is 0.00000576. The summed E-state index contributed by atoms with van der Waals surface area (Å²) in [5, 5.41) is 0. The Hall–Kier alpha value is -1.06. The Bertz CT molecular complexity index is 448. The van der Waals surface area contributed by atoms with Crippen LogP contribution < -0.4 is 16.9 Å². The minimum atomic E-state index is -0.0694. The molecule has 1 aromatic rings. The van der Waals surface area contributed by atoms with Crippen molar-refractivity contribution in [2.24, 2.45) is 0 Å². The van der Waals surface area contributed by atoms with Gasteiger partial charge in [0.25, 0.3) is 0 Å². The van der Waals surface area contributed by atoms with Crippen LogP contribution in [0, 0.1) is 0 Å². The van der Waals surface area contributed by atoms with Gasteiger partial charge in [-0.05, 0) is 18.6 Å². The molecule has 0 amide bonds. The van der Waals surface area contributed by atoms with Gasteiger partial charge in [-0.15, -0.1) is 0 Å². The molecule has 0 N–H and O–H groups in total. The van der Waals surface area contributed by atoms with Crippen LogP contribution in [0.3, 0.4) is 0 Å². The summed E-state index contributed by atoms with van der Waals surface area (Å²) < 4.78 is 6.03. The average molecular weight is 370 g/mol. The molecule has 0 heterocycles. The Morgan fingerprint density at radius 2 is 1.40 bits per heavy atom. The Morgan fingerprint density at radius 1 is 0.880 bits per heavy atom. The first-order valence-electron chi connectivity index (χ1n) is 9.60. The molecule has 4 heteroatoms. The standard InChI is InChI=1S/C21H36NO2.ClH/c1-4-5-6-7-8-9-10-11-15-18-21(23)24-19-22(2,3)20-16-13-12-14-17-20;/h12-14,16-17H,4-11,15,18-19H2,1-3H3;1H/q+1;/p-1. The molecule has 0 aliphatic carbocycles. The van der Waals surface area contributed by atoms with Crippen molar-refractivity contribution in [2.45, 2.75) is 71.1 Å². The van der Waals surface area contributed by atoms with Crippen molar-refractivity contribution >= 4 is 11.7 Å². The highest BCUT2D eigenvalue weighted by Crippen LogP contribution is 2.18. The van der Waals surface area contributed by atoms with Crippen LogP contribution in [0.1, 0.15) is 71.1 Å². The number of halogens is 1. The fourth-order valence-corrected chi connectivity index (χ4v) is 2.79. The minimum Gasteiger partial charge on any atom is -1.00 e. The van der Waals surface area contributed by atoms with Crippen LogP contribution in [0.4, 0.5) is 5.69 Å². The molecule has 25 heavy (non-hydrogen) atoms. The highest BCUT2D eigenvalue weighted by atomic mass is 35.5. The van der Waals surface area contributed by atoms with E-state index in [1.165, 1.54) is 44.9 Å². The SMILES string of the molecule is CCCCCCCCCCCC(=O)OC[N+](C)(C)c1ccccc1.[Cl-]. The molecule has 0 bridgehead atoms. The van der Waals surface area contributed by atoms with Gasteiger partial charge in [-0.3, -0.25) is 9.28 Å². The first-order chi connectivity index (χ1) is 11.6. The molecular formula is C21H36ClNO2. The van der Waals surface area contributed by atoms with Gasteiger partial charge >= 0.3 is 5.97 Å². The third-order valence-electron chi connectivity index (χ3n) is 4.49. The monoisotopic (exact) mass is 369 g/mol. The number of hydrogen-bond donors (Lipinski definition) is 0. The summed E-state index contributed by atoms with van der Waals surface area (Å²) in [6.07, 6.45) is 11.9. The van der Waals surface area contributed by atoms with Gasteiger partial charge in [-0.1, -0.05) is 76.5 Å². The van der Waals surface area contributed by atoms with Crippen LogP contribution in [0.5, 0.6) is 0 Å². The van der Waals surface area contributed by atoms with E-state index in [4.69, 9.17) is 4.74 Å². The third kappa shape index (κ3) is 11.2. The van der Waals surface area contributed by atoms with Crippen molar-refractivity contribution in [3.8, 4) is 0 Å². The molecule has 3 nitrogen and oxygen atoms in total. The van der Waals surface area contributed by atoms with Crippen molar-refractivity contribution in [3.05, 3.63) is 30.3 Å². The summed E-state index contributed by atoms with van der Waals surface area (Å²) in [7, 11) is 4.11. The van der Waals surface area contributed by atoms with Crippen LogP contribution in [0.15, 0.2) is 30.3 Å². The van der Waals surface area contributed by atoms with E-state index in [1.807, 2.05) is 18.2 Å². The fraction of sp³-hybridized carbons (Fsp3) is 0.667. The van der Waals surface area contributed by atoms with Gasteiger partial charge < -0.3 is 17.1 Å². The van der Waals surface area contributed by atoms with E-state index in [2.05, 4.69) is 33.2 Å². The molecular weight excluding hydrogens is 334 g/mol. The largest absolute Gasteiger partial charge is 1.00 e. The van der Waals surface area contributed by atoms with Crippen molar-refractivity contribution in [3.63, 3.8) is 0 Å². The molecule has 0 atom stereocenters. The Morgan fingerprint density at radius 3 is 1.96 bits per heavy atom. The van der Waals surface area contributed by atoms with E-state index in [0.29, 0.717) is 17.6 Å². The van der Waals surface area contributed by atoms with Crippen molar-refractivity contribution in [1.29, 1.82) is 0 Å². The normalized spacial score (nSPS) is 11.0. The zero-order chi connectivity index (χ0) is 17.7.